The van der Waals surface area contributed by atoms with Crippen LogP contribution in [-0.4, -0.2) is 55.2 Å². The van der Waals surface area contributed by atoms with Crippen molar-refractivity contribution in [2.45, 2.75) is 6.42 Å². The van der Waals surface area contributed by atoms with Gasteiger partial charge in [0.2, 0.25) is 0 Å². The minimum Gasteiger partial charge on any atom is -0.465 e. The van der Waals surface area contributed by atoms with E-state index in [1.54, 1.807) is 11.0 Å². The van der Waals surface area contributed by atoms with E-state index in [2.05, 4.69) is 20.9 Å². The van der Waals surface area contributed by atoms with E-state index in [4.69, 9.17) is 9.47 Å². The Morgan fingerprint density at radius 3 is 2.73 bits per heavy atom. The molecule has 0 unspecified atom stereocenters. The minimum atomic E-state index is -0.387. The van der Waals surface area contributed by atoms with Crippen LogP contribution < -0.4 is 0 Å². The first-order valence-corrected chi connectivity index (χ1v) is 9.16. The molecule has 1 aromatic heterocycles. The number of nitrogens with zero attached hydrogens (tertiary/aromatic N) is 2. The highest BCUT2D eigenvalue weighted by atomic mass is 79.9. The third-order valence-electron chi connectivity index (χ3n) is 4.78. The number of esters is 1. The van der Waals surface area contributed by atoms with Crippen LogP contribution in [0.5, 0.6) is 0 Å². The Kier molecular flexibility index (Phi) is 4.50. The van der Waals surface area contributed by atoms with E-state index >= 15 is 0 Å². The van der Waals surface area contributed by atoms with Gasteiger partial charge in [-0.2, -0.15) is 0 Å². The van der Waals surface area contributed by atoms with Crippen LogP contribution in [0.2, 0.25) is 0 Å². The summed E-state index contributed by atoms with van der Waals surface area (Å²) in [6.07, 6.45) is 0.599. The molecule has 0 N–H and O–H groups in total. The first-order valence-electron chi connectivity index (χ1n) is 8.36. The number of morpholine rings is 1. The molecule has 1 saturated heterocycles. The summed E-state index contributed by atoms with van der Waals surface area (Å²) in [6, 6.07) is 7.34. The molecule has 26 heavy (non-hydrogen) atoms. The van der Waals surface area contributed by atoms with Crippen molar-refractivity contribution < 1.29 is 19.1 Å². The molecule has 1 amide bonds. The van der Waals surface area contributed by atoms with Crippen LogP contribution in [0.25, 0.3) is 11.3 Å². The lowest BCUT2D eigenvalue weighted by Crippen LogP contribution is -2.40. The first-order chi connectivity index (χ1) is 12.6. The van der Waals surface area contributed by atoms with Crippen molar-refractivity contribution in [2.75, 3.05) is 33.4 Å². The molecule has 2 aromatic rings. The molecule has 1 aromatic carbocycles. The van der Waals surface area contributed by atoms with Crippen molar-refractivity contribution >= 4 is 27.8 Å². The van der Waals surface area contributed by atoms with Crippen LogP contribution in [0.3, 0.4) is 0 Å². The topological polar surface area (TPSA) is 68.7 Å². The standard InChI is InChI=1S/C19H17BrN2O4/c1-25-19(24)15-10-16(20)21-17-13-9-12(3-2-11(13)8-14(15)17)18(23)22-4-6-26-7-5-22/h2-3,9-10H,4-8H2,1H3. The Morgan fingerprint density at radius 1 is 1.23 bits per heavy atom. The van der Waals surface area contributed by atoms with E-state index < -0.39 is 0 Å². The number of aromatic nitrogens is 1. The van der Waals surface area contributed by atoms with Crippen LogP contribution >= 0.6 is 15.9 Å². The number of hydrogen-bond donors (Lipinski definition) is 0. The lowest BCUT2D eigenvalue weighted by Gasteiger charge is -2.27. The Balaban J connectivity index is 1.74. The Bertz CT molecular complexity index is 907. The van der Waals surface area contributed by atoms with Crippen LogP contribution in [0.15, 0.2) is 28.9 Å². The molecule has 0 radical (unpaired) electrons. The first kappa shape index (κ1) is 17.2. The monoisotopic (exact) mass is 416 g/mol. The summed E-state index contributed by atoms with van der Waals surface area (Å²) in [5.41, 5.74) is 4.64. The predicted molar refractivity (Wildman–Crippen MR) is 98.2 cm³/mol. The van der Waals surface area contributed by atoms with Gasteiger partial charge >= 0.3 is 5.97 Å². The smallest absolute Gasteiger partial charge is 0.338 e. The van der Waals surface area contributed by atoms with Crippen LogP contribution in [-0.2, 0) is 15.9 Å². The fourth-order valence-corrected chi connectivity index (χ4v) is 3.86. The third kappa shape index (κ3) is 2.91. The number of halogens is 1. The van der Waals surface area contributed by atoms with Crippen molar-refractivity contribution in [1.82, 2.24) is 9.88 Å². The predicted octanol–water partition coefficient (Wildman–Crippen LogP) is 2.67. The van der Waals surface area contributed by atoms with Gasteiger partial charge in [-0.05, 0) is 45.3 Å². The normalized spacial score (nSPS) is 15.4. The number of rotatable bonds is 2. The Hall–Kier alpha value is -2.25. The second-order valence-corrected chi connectivity index (χ2v) is 7.08. The number of benzene rings is 1. The summed E-state index contributed by atoms with van der Waals surface area (Å²) in [7, 11) is 1.37. The van der Waals surface area contributed by atoms with E-state index in [9.17, 15) is 9.59 Å². The van der Waals surface area contributed by atoms with E-state index in [0.29, 0.717) is 48.5 Å². The number of carbonyl (C=O) groups excluding carboxylic acids is 2. The van der Waals surface area contributed by atoms with E-state index in [1.165, 1.54) is 7.11 Å². The average Bonchev–Trinajstić information content (AvgIpc) is 3.04. The third-order valence-corrected chi connectivity index (χ3v) is 5.18. The maximum absolute atomic E-state index is 12.8. The molecule has 4 rings (SSSR count). The zero-order valence-corrected chi connectivity index (χ0v) is 15.8. The highest BCUT2D eigenvalue weighted by Crippen LogP contribution is 2.39. The molecule has 2 aliphatic rings. The number of ether oxygens (including phenoxy) is 2. The van der Waals surface area contributed by atoms with Gasteiger partial charge in [-0.1, -0.05) is 6.07 Å². The number of fused-ring (bicyclic) bond motifs is 3. The molecule has 1 fully saturated rings. The molecule has 6 nitrogen and oxygen atoms in total. The fourth-order valence-electron chi connectivity index (χ4n) is 3.46. The number of methoxy groups -OCH3 is 1. The van der Waals surface area contributed by atoms with Crippen molar-refractivity contribution in [1.29, 1.82) is 0 Å². The largest absolute Gasteiger partial charge is 0.465 e. The van der Waals surface area contributed by atoms with E-state index in [-0.39, 0.29) is 11.9 Å². The fraction of sp³-hybridized carbons (Fsp3) is 0.316. The summed E-state index contributed by atoms with van der Waals surface area (Å²) in [6.45, 7) is 2.33. The molecule has 1 aliphatic heterocycles. The quantitative estimate of drug-likeness (QED) is 0.474. The number of carbonyl (C=O) groups is 2. The molecule has 2 heterocycles. The lowest BCUT2D eigenvalue weighted by atomic mass is 10.0. The summed E-state index contributed by atoms with van der Waals surface area (Å²) in [5, 5.41) is 0. The maximum atomic E-state index is 12.8. The van der Waals surface area contributed by atoms with Gasteiger partial charge in [-0.15, -0.1) is 0 Å². The minimum absolute atomic E-state index is 0.00672. The number of pyridine rings is 1. The molecular formula is C19H17BrN2O4. The summed E-state index contributed by atoms with van der Waals surface area (Å²) < 4.78 is 10.8. The van der Waals surface area contributed by atoms with Gasteiger partial charge in [0.05, 0.1) is 31.6 Å². The zero-order chi connectivity index (χ0) is 18.3. The highest BCUT2D eigenvalue weighted by Gasteiger charge is 2.28. The summed E-state index contributed by atoms with van der Waals surface area (Å²) in [5.74, 6) is -0.394. The molecular weight excluding hydrogens is 400 g/mol. The highest BCUT2D eigenvalue weighted by molar-refractivity contribution is 9.10. The second kappa shape index (κ2) is 6.81. The second-order valence-electron chi connectivity index (χ2n) is 6.26. The van der Waals surface area contributed by atoms with Gasteiger partial charge in [0.25, 0.3) is 5.91 Å². The SMILES string of the molecule is COC(=O)c1cc(Br)nc2c1Cc1ccc(C(=O)N3CCOCC3)cc1-2. The van der Waals surface area contributed by atoms with Crippen molar-refractivity contribution in [3.8, 4) is 11.3 Å². The van der Waals surface area contributed by atoms with E-state index in [0.717, 1.165) is 22.4 Å². The molecule has 0 saturated carbocycles. The van der Waals surface area contributed by atoms with Gasteiger partial charge in [-0.25, -0.2) is 9.78 Å². The number of hydrogen-bond acceptors (Lipinski definition) is 5. The average molecular weight is 417 g/mol. The van der Waals surface area contributed by atoms with Gasteiger partial charge in [0.15, 0.2) is 0 Å². The molecule has 0 spiro atoms. The van der Waals surface area contributed by atoms with Crippen molar-refractivity contribution in [3.63, 3.8) is 0 Å². The molecule has 0 bridgehead atoms. The van der Waals surface area contributed by atoms with Gasteiger partial charge in [0, 0.05) is 30.6 Å². The summed E-state index contributed by atoms with van der Waals surface area (Å²) >= 11 is 3.37. The van der Waals surface area contributed by atoms with Crippen LogP contribution in [0.1, 0.15) is 31.8 Å². The Labute approximate surface area is 159 Å². The molecule has 1 aliphatic carbocycles. The molecule has 7 heteroatoms. The number of amides is 1. The summed E-state index contributed by atoms with van der Waals surface area (Å²) in [4.78, 5) is 31.2. The van der Waals surface area contributed by atoms with E-state index in [1.807, 2.05) is 18.2 Å². The zero-order valence-electron chi connectivity index (χ0n) is 14.3. The molecule has 134 valence electrons. The van der Waals surface area contributed by atoms with Crippen molar-refractivity contribution in [3.05, 3.63) is 51.1 Å². The Morgan fingerprint density at radius 2 is 2.00 bits per heavy atom. The van der Waals surface area contributed by atoms with Gasteiger partial charge < -0.3 is 14.4 Å². The van der Waals surface area contributed by atoms with Crippen molar-refractivity contribution in [2.24, 2.45) is 0 Å². The maximum Gasteiger partial charge on any atom is 0.338 e. The lowest BCUT2D eigenvalue weighted by molar-refractivity contribution is 0.0303. The van der Waals surface area contributed by atoms with Crippen LogP contribution in [0, 0.1) is 0 Å². The van der Waals surface area contributed by atoms with Crippen LogP contribution in [0.4, 0.5) is 0 Å². The van der Waals surface area contributed by atoms with Gasteiger partial charge in [0.1, 0.15) is 4.60 Å². The molecule has 0 atom stereocenters. The van der Waals surface area contributed by atoms with Gasteiger partial charge in [-0.3, -0.25) is 4.79 Å².